The van der Waals surface area contributed by atoms with Gasteiger partial charge in [-0.15, -0.1) is 0 Å². The molecule has 0 aliphatic carbocycles. The van der Waals surface area contributed by atoms with E-state index in [9.17, 15) is 14.4 Å². The Hall–Kier alpha value is -1.47. The highest BCUT2D eigenvalue weighted by Gasteiger charge is 2.53. The van der Waals surface area contributed by atoms with Crippen LogP contribution in [0.3, 0.4) is 0 Å². The zero-order valence-corrected chi connectivity index (χ0v) is 10.3. The normalized spacial score (nSPS) is 23.0. The number of amides is 3. The second kappa shape index (κ2) is 4.66. The van der Waals surface area contributed by atoms with Crippen molar-refractivity contribution in [3.8, 4) is 0 Å². The summed E-state index contributed by atoms with van der Waals surface area (Å²) in [6, 6.07) is 0. The van der Waals surface area contributed by atoms with Crippen LogP contribution in [0.15, 0.2) is 0 Å². The summed E-state index contributed by atoms with van der Waals surface area (Å²) >= 11 is 0. The molecule has 2 N–H and O–H groups in total. The van der Waals surface area contributed by atoms with Crippen molar-refractivity contribution >= 4 is 17.7 Å². The Bertz CT molecular complexity index is 388. The number of hydrogen-bond donors (Lipinski definition) is 1. The summed E-state index contributed by atoms with van der Waals surface area (Å²) in [5.41, 5.74) is 4.62. The highest BCUT2D eigenvalue weighted by molar-refractivity contribution is 6.04. The highest BCUT2D eigenvalue weighted by Crippen LogP contribution is 2.42. The lowest BCUT2D eigenvalue weighted by molar-refractivity contribution is -0.183. The van der Waals surface area contributed by atoms with E-state index in [1.54, 1.807) is 4.90 Å². The van der Waals surface area contributed by atoms with E-state index in [0.717, 1.165) is 5.06 Å². The molecular weight excluding hydrogens is 238 g/mol. The van der Waals surface area contributed by atoms with Crippen molar-refractivity contribution in [3.63, 3.8) is 0 Å². The fourth-order valence-electron chi connectivity index (χ4n) is 2.65. The smallest absolute Gasteiger partial charge is 0.260 e. The maximum atomic E-state index is 12.1. The van der Waals surface area contributed by atoms with E-state index < -0.39 is 5.41 Å². The first-order chi connectivity index (χ1) is 8.54. The van der Waals surface area contributed by atoms with Crippen LogP contribution in [0.5, 0.6) is 0 Å². The van der Waals surface area contributed by atoms with E-state index in [-0.39, 0.29) is 30.7 Å². The van der Waals surface area contributed by atoms with Crippen molar-refractivity contribution < 1.29 is 19.2 Å². The van der Waals surface area contributed by atoms with Crippen LogP contribution in [-0.4, -0.2) is 54.4 Å². The Labute approximate surface area is 105 Å². The molecule has 2 heterocycles. The summed E-state index contributed by atoms with van der Waals surface area (Å²) in [4.78, 5) is 41.6. The van der Waals surface area contributed by atoms with Crippen LogP contribution in [0.25, 0.3) is 0 Å². The van der Waals surface area contributed by atoms with Gasteiger partial charge < -0.3 is 10.6 Å². The fraction of sp³-hybridized carbons (Fsp3) is 0.727. The van der Waals surface area contributed by atoms with E-state index in [0.29, 0.717) is 25.9 Å². The van der Waals surface area contributed by atoms with Crippen LogP contribution in [0, 0.1) is 5.41 Å². The van der Waals surface area contributed by atoms with Crippen LogP contribution in [0.2, 0.25) is 0 Å². The van der Waals surface area contributed by atoms with Crippen LogP contribution in [0.4, 0.5) is 0 Å². The molecule has 1 spiro atoms. The minimum absolute atomic E-state index is 0.0237. The number of imide groups is 1. The molecule has 7 nitrogen and oxygen atoms in total. The molecule has 2 saturated heterocycles. The van der Waals surface area contributed by atoms with Crippen molar-refractivity contribution in [2.24, 2.45) is 11.1 Å². The second-order valence-corrected chi connectivity index (χ2v) is 4.72. The minimum Gasteiger partial charge on any atom is -0.342 e. The van der Waals surface area contributed by atoms with Crippen LogP contribution in [-0.2, 0) is 19.2 Å². The number of hydrogen-bond acceptors (Lipinski definition) is 5. The molecule has 0 aromatic heterocycles. The van der Waals surface area contributed by atoms with E-state index in [1.807, 2.05) is 0 Å². The molecule has 0 aromatic carbocycles. The zero-order chi connectivity index (χ0) is 13.3. The summed E-state index contributed by atoms with van der Waals surface area (Å²) in [5, 5.41) is 0.834. The van der Waals surface area contributed by atoms with E-state index >= 15 is 0 Å². The molecule has 2 fully saturated rings. The van der Waals surface area contributed by atoms with Gasteiger partial charge in [-0.05, 0) is 12.8 Å². The average molecular weight is 255 g/mol. The predicted octanol–water partition coefficient (Wildman–Crippen LogP) is -1.13. The molecule has 0 aromatic rings. The summed E-state index contributed by atoms with van der Waals surface area (Å²) in [6.45, 7) is 0.906. The Morgan fingerprint density at radius 3 is 2.44 bits per heavy atom. The van der Waals surface area contributed by atoms with Gasteiger partial charge in [0.05, 0.1) is 19.1 Å². The van der Waals surface area contributed by atoms with Crippen molar-refractivity contribution in [2.45, 2.75) is 19.3 Å². The molecule has 0 unspecified atom stereocenters. The summed E-state index contributed by atoms with van der Waals surface area (Å²) < 4.78 is 0. The Kier molecular flexibility index (Phi) is 3.36. The van der Waals surface area contributed by atoms with E-state index in [2.05, 4.69) is 0 Å². The molecule has 0 saturated carbocycles. The van der Waals surface area contributed by atoms with Crippen LogP contribution < -0.4 is 5.73 Å². The molecular formula is C11H17N3O4. The second-order valence-electron chi connectivity index (χ2n) is 4.72. The topological polar surface area (TPSA) is 92.9 Å². The third-order valence-electron chi connectivity index (χ3n) is 3.78. The summed E-state index contributed by atoms with van der Waals surface area (Å²) in [7, 11) is 1.31. The molecule has 2 aliphatic heterocycles. The quantitative estimate of drug-likeness (QED) is 0.630. The standard InChI is InChI=1S/C11H17N3O4/c1-18-14-8(15)6-11(10(14)17)2-4-13(5-3-11)9(16)7-12/h2-7,12H2,1H3. The van der Waals surface area contributed by atoms with Crippen molar-refractivity contribution in [2.75, 3.05) is 26.7 Å². The van der Waals surface area contributed by atoms with Gasteiger partial charge in [-0.3, -0.25) is 19.2 Å². The van der Waals surface area contributed by atoms with Gasteiger partial charge in [0.2, 0.25) is 5.91 Å². The number of carbonyl (C=O) groups is 3. The maximum absolute atomic E-state index is 12.1. The van der Waals surface area contributed by atoms with Gasteiger partial charge >= 0.3 is 0 Å². The molecule has 2 rings (SSSR count). The van der Waals surface area contributed by atoms with E-state index in [1.165, 1.54) is 7.11 Å². The van der Waals surface area contributed by atoms with E-state index in [4.69, 9.17) is 10.6 Å². The lowest BCUT2D eigenvalue weighted by Crippen LogP contribution is -2.48. The highest BCUT2D eigenvalue weighted by atomic mass is 16.7. The zero-order valence-electron chi connectivity index (χ0n) is 10.3. The molecule has 2 aliphatic rings. The van der Waals surface area contributed by atoms with Crippen LogP contribution in [0.1, 0.15) is 19.3 Å². The van der Waals surface area contributed by atoms with Crippen molar-refractivity contribution in [1.82, 2.24) is 9.96 Å². The van der Waals surface area contributed by atoms with Crippen molar-refractivity contribution in [1.29, 1.82) is 0 Å². The lowest BCUT2D eigenvalue weighted by atomic mass is 9.77. The number of likely N-dealkylation sites (tertiary alicyclic amines) is 1. The first kappa shape index (κ1) is 13.0. The molecule has 7 heteroatoms. The first-order valence-electron chi connectivity index (χ1n) is 5.93. The SMILES string of the molecule is CON1C(=O)CC2(CCN(C(=O)CN)CC2)C1=O. The molecule has 100 valence electrons. The van der Waals surface area contributed by atoms with Crippen molar-refractivity contribution in [3.05, 3.63) is 0 Å². The predicted molar refractivity (Wildman–Crippen MR) is 60.8 cm³/mol. The largest absolute Gasteiger partial charge is 0.342 e. The Balaban J connectivity index is 2.07. The van der Waals surface area contributed by atoms with Gasteiger partial charge in [0, 0.05) is 19.5 Å². The molecule has 0 bridgehead atoms. The number of hydroxylamine groups is 2. The third-order valence-corrected chi connectivity index (χ3v) is 3.78. The third kappa shape index (κ3) is 1.89. The molecule has 0 atom stereocenters. The fourth-order valence-corrected chi connectivity index (χ4v) is 2.65. The number of rotatable bonds is 2. The molecule has 3 amide bonds. The van der Waals surface area contributed by atoms with Gasteiger partial charge in [0.25, 0.3) is 11.8 Å². The van der Waals surface area contributed by atoms with Gasteiger partial charge in [-0.1, -0.05) is 0 Å². The van der Waals surface area contributed by atoms with Crippen LogP contribution >= 0.6 is 0 Å². The number of nitrogens with two attached hydrogens (primary N) is 1. The van der Waals surface area contributed by atoms with Gasteiger partial charge in [0.15, 0.2) is 0 Å². The minimum atomic E-state index is -0.682. The summed E-state index contributed by atoms with van der Waals surface area (Å²) in [6.07, 6.45) is 1.15. The maximum Gasteiger partial charge on any atom is 0.260 e. The lowest BCUT2D eigenvalue weighted by Gasteiger charge is -2.36. The molecule has 0 radical (unpaired) electrons. The van der Waals surface area contributed by atoms with Gasteiger partial charge in [0.1, 0.15) is 0 Å². The number of piperidine rings is 1. The monoisotopic (exact) mass is 255 g/mol. The first-order valence-corrected chi connectivity index (χ1v) is 5.93. The Morgan fingerprint density at radius 2 is 2.00 bits per heavy atom. The number of nitrogens with zero attached hydrogens (tertiary/aromatic N) is 2. The van der Waals surface area contributed by atoms with Gasteiger partial charge in [-0.2, -0.15) is 5.06 Å². The summed E-state index contributed by atoms with van der Waals surface area (Å²) in [5.74, 6) is -0.707. The number of carbonyl (C=O) groups excluding carboxylic acids is 3. The van der Waals surface area contributed by atoms with Gasteiger partial charge in [-0.25, -0.2) is 0 Å². The Morgan fingerprint density at radius 1 is 1.39 bits per heavy atom. The average Bonchev–Trinajstić information content (AvgIpc) is 2.61. The molecule has 18 heavy (non-hydrogen) atoms.